The van der Waals surface area contributed by atoms with Crippen LogP contribution in [0.25, 0.3) is 5.57 Å². The van der Waals surface area contributed by atoms with Gasteiger partial charge in [0, 0.05) is 10.6 Å². The first-order valence-electron chi connectivity index (χ1n) is 9.40. The molecular formula is C23H19ClN2O5. The Hall–Kier alpha value is -3.71. The predicted octanol–water partition coefficient (Wildman–Crippen LogP) is 4.34. The van der Waals surface area contributed by atoms with E-state index in [2.05, 4.69) is 5.32 Å². The van der Waals surface area contributed by atoms with Crippen LogP contribution in [0.3, 0.4) is 0 Å². The van der Waals surface area contributed by atoms with Crippen LogP contribution < -0.4 is 14.8 Å². The molecule has 2 aromatic carbocycles. The number of para-hydroxylation sites is 1. The maximum Gasteiger partial charge on any atom is 0.278 e. The lowest BCUT2D eigenvalue weighted by Gasteiger charge is -2.14. The minimum atomic E-state index is -0.496. The van der Waals surface area contributed by atoms with Crippen LogP contribution in [0.2, 0.25) is 5.02 Å². The second kappa shape index (κ2) is 8.57. The summed E-state index contributed by atoms with van der Waals surface area (Å²) < 4.78 is 16.2. The number of imide groups is 1. The average Bonchev–Trinajstić information content (AvgIpc) is 3.37. The second-order valence-electron chi connectivity index (χ2n) is 6.70. The van der Waals surface area contributed by atoms with Crippen LogP contribution in [0.1, 0.15) is 11.3 Å². The van der Waals surface area contributed by atoms with E-state index < -0.39 is 11.8 Å². The fourth-order valence-electron chi connectivity index (χ4n) is 3.41. The monoisotopic (exact) mass is 438 g/mol. The summed E-state index contributed by atoms with van der Waals surface area (Å²) in [5.74, 6) is 0.471. The van der Waals surface area contributed by atoms with E-state index in [0.717, 1.165) is 4.90 Å². The lowest BCUT2D eigenvalue weighted by Crippen LogP contribution is -2.31. The van der Waals surface area contributed by atoms with Gasteiger partial charge in [0.15, 0.2) is 0 Å². The van der Waals surface area contributed by atoms with Crippen LogP contribution in [0.5, 0.6) is 11.5 Å². The molecule has 1 N–H and O–H groups in total. The van der Waals surface area contributed by atoms with Crippen molar-refractivity contribution in [1.82, 2.24) is 4.90 Å². The Morgan fingerprint density at radius 2 is 1.74 bits per heavy atom. The molecule has 0 bridgehead atoms. The Kier molecular flexibility index (Phi) is 5.68. The number of halogens is 1. The molecule has 2 amide bonds. The summed E-state index contributed by atoms with van der Waals surface area (Å²) in [6, 6.07) is 15.4. The van der Waals surface area contributed by atoms with Gasteiger partial charge in [0.25, 0.3) is 11.8 Å². The minimum Gasteiger partial charge on any atom is -0.496 e. The van der Waals surface area contributed by atoms with Crippen LogP contribution in [0.15, 0.2) is 71.0 Å². The highest BCUT2D eigenvalue weighted by atomic mass is 35.5. The average molecular weight is 439 g/mol. The van der Waals surface area contributed by atoms with E-state index in [1.807, 2.05) is 0 Å². The highest BCUT2D eigenvalue weighted by Gasteiger charge is 2.40. The molecule has 0 saturated heterocycles. The number of furan rings is 1. The number of carbonyl (C=O) groups is 2. The summed E-state index contributed by atoms with van der Waals surface area (Å²) in [5.41, 5.74) is 1.24. The number of amides is 2. The summed E-state index contributed by atoms with van der Waals surface area (Å²) >= 11 is 6.14. The first-order valence-corrected chi connectivity index (χ1v) is 9.78. The van der Waals surface area contributed by atoms with Gasteiger partial charge in [0.05, 0.1) is 38.3 Å². The summed E-state index contributed by atoms with van der Waals surface area (Å²) in [6.45, 7) is 0.00117. The van der Waals surface area contributed by atoms with Crippen molar-refractivity contribution in [2.24, 2.45) is 0 Å². The van der Waals surface area contributed by atoms with Crippen molar-refractivity contribution in [3.05, 3.63) is 82.9 Å². The molecule has 1 aromatic heterocycles. The number of hydrogen-bond acceptors (Lipinski definition) is 6. The first kappa shape index (κ1) is 20.6. The van der Waals surface area contributed by atoms with E-state index in [1.165, 1.54) is 20.5 Å². The number of rotatable bonds is 7. The van der Waals surface area contributed by atoms with Crippen molar-refractivity contribution in [3.8, 4) is 11.5 Å². The van der Waals surface area contributed by atoms with Gasteiger partial charge in [0.1, 0.15) is 23.0 Å². The highest BCUT2D eigenvalue weighted by Crippen LogP contribution is 2.37. The normalized spacial score (nSPS) is 13.7. The first-order chi connectivity index (χ1) is 15.0. The lowest BCUT2D eigenvalue weighted by molar-refractivity contribution is -0.137. The van der Waals surface area contributed by atoms with Crippen LogP contribution >= 0.6 is 11.6 Å². The highest BCUT2D eigenvalue weighted by molar-refractivity contribution is 6.37. The Labute approximate surface area is 183 Å². The number of nitrogens with zero attached hydrogens (tertiary/aromatic N) is 1. The molecule has 0 unspecified atom stereocenters. The molecule has 2 heterocycles. The third-order valence-electron chi connectivity index (χ3n) is 4.86. The maximum atomic E-state index is 13.4. The van der Waals surface area contributed by atoms with E-state index in [0.29, 0.717) is 33.5 Å². The Morgan fingerprint density at radius 1 is 0.968 bits per heavy atom. The largest absolute Gasteiger partial charge is 0.496 e. The van der Waals surface area contributed by atoms with Gasteiger partial charge in [0.2, 0.25) is 0 Å². The van der Waals surface area contributed by atoms with Gasteiger partial charge in [-0.25, -0.2) is 0 Å². The summed E-state index contributed by atoms with van der Waals surface area (Å²) in [7, 11) is 3.02. The fourth-order valence-corrected chi connectivity index (χ4v) is 3.58. The van der Waals surface area contributed by atoms with E-state index in [9.17, 15) is 9.59 Å². The zero-order chi connectivity index (χ0) is 22.0. The molecule has 158 valence electrons. The van der Waals surface area contributed by atoms with E-state index in [4.69, 9.17) is 25.5 Å². The molecule has 0 atom stereocenters. The summed E-state index contributed by atoms with van der Waals surface area (Å²) in [6.07, 6.45) is 1.49. The number of ether oxygens (including phenoxy) is 2. The Bertz CT molecular complexity index is 1170. The second-order valence-corrected chi connectivity index (χ2v) is 7.13. The minimum absolute atomic E-state index is 0.00117. The summed E-state index contributed by atoms with van der Waals surface area (Å²) in [4.78, 5) is 27.9. The van der Waals surface area contributed by atoms with Gasteiger partial charge in [-0.2, -0.15) is 0 Å². The summed E-state index contributed by atoms with van der Waals surface area (Å²) in [5, 5.41) is 3.51. The molecular weight excluding hydrogens is 420 g/mol. The number of anilines is 1. The van der Waals surface area contributed by atoms with Crippen molar-refractivity contribution < 1.29 is 23.5 Å². The smallest absolute Gasteiger partial charge is 0.278 e. The molecule has 0 radical (unpaired) electrons. The molecule has 0 spiro atoms. The topological polar surface area (TPSA) is 81.0 Å². The van der Waals surface area contributed by atoms with Gasteiger partial charge in [-0.3, -0.25) is 14.5 Å². The molecule has 8 heteroatoms. The van der Waals surface area contributed by atoms with Gasteiger partial charge in [-0.1, -0.05) is 29.8 Å². The number of nitrogens with one attached hydrogen (secondary N) is 1. The number of carbonyl (C=O) groups excluding carboxylic acids is 2. The van der Waals surface area contributed by atoms with Crippen molar-refractivity contribution in [1.29, 1.82) is 0 Å². The van der Waals surface area contributed by atoms with Gasteiger partial charge in [-0.15, -0.1) is 0 Å². The maximum absolute atomic E-state index is 13.4. The molecule has 0 fully saturated rings. The third-order valence-corrected chi connectivity index (χ3v) is 5.09. The lowest BCUT2D eigenvalue weighted by atomic mass is 10.0. The van der Waals surface area contributed by atoms with Gasteiger partial charge in [-0.05, 0) is 36.4 Å². The molecule has 0 aliphatic carbocycles. The molecule has 7 nitrogen and oxygen atoms in total. The zero-order valence-corrected chi connectivity index (χ0v) is 17.6. The van der Waals surface area contributed by atoms with Gasteiger partial charge >= 0.3 is 0 Å². The molecule has 4 rings (SSSR count). The van der Waals surface area contributed by atoms with Crippen LogP contribution in [0, 0.1) is 0 Å². The standard InChI is InChI=1S/C23H19ClN2O5/c1-29-18-8-4-3-7-16(18)20-21(25-17-12-14(24)9-10-19(17)30-2)23(28)26(22(20)27)13-15-6-5-11-31-15/h3-12,25H,13H2,1-2H3. The van der Waals surface area contributed by atoms with Crippen LogP contribution in [-0.2, 0) is 16.1 Å². The van der Waals surface area contributed by atoms with Gasteiger partial charge < -0.3 is 19.2 Å². The predicted molar refractivity (Wildman–Crippen MR) is 116 cm³/mol. The number of hydrogen-bond donors (Lipinski definition) is 1. The molecule has 3 aromatic rings. The SMILES string of the molecule is COc1ccc(Cl)cc1NC1=C(c2ccccc2OC)C(=O)N(Cc2ccco2)C1=O. The van der Waals surface area contributed by atoms with Crippen LogP contribution in [0.4, 0.5) is 5.69 Å². The van der Waals surface area contributed by atoms with Crippen molar-refractivity contribution >= 4 is 34.7 Å². The zero-order valence-electron chi connectivity index (χ0n) is 16.8. The van der Waals surface area contributed by atoms with E-state index in [-0.39, 0.29) is 17.8 Å². The molecule has 0 saturated carbocycles. The third kappa shape index (κ3) is 3.87. The van der Waals surface area contributed by atoms with Crippen molar-refractivity contribution in [2.45, 2.75) is 6.54 Å². The quantitative estimate of drug-likeness (QED) is 0.552. The van der Waals surface area contributed by atoms with Crippen molar-refractivity contribution in [3.63, 3.8) is 0 Å². The fraction of sp³-hybridized carbons (Fsp3) is 0.130. The number of methoxy groups -OCH3 is 2. The Balaban J connectivity index is 1.83. The number of benzene rings is 2. The van der Waals surface area contributed by atoms with Crippen LogP contribution in [-0.4, -0.2) is 30.9 Å². The molecule has 1 aliphatic rings. The van der Waals surface area contributed by atoms with E-state index >= 15 is 0 Å². The van der Waals surface area contributed by atoms with E-state index in [1.54, 1.807) is 54.6 Å². The van der Waals surface area contributed by atoms with Crippen molar-refractivity contribution in [2.75, 3.05) is 19.5 Å². The molecule has 31 heavy (non-hydrogen) atoms. The Morgan fingerprint density at radius 3 is 2.45 bits per heavy atom. The molecule has 1 aliphatic heterocycles.